The van der Waals surface area contributed by atoms with Crippen molar-refractivity contribution >= 4 is 17.3 Å². The van der Waals surface area contributed by atoms with E-state index in [0.717, 1.165) is 44.9 Å². The van der Waals surface area contributed by atoms with E-state index < -0.39 is 0 Å². The molecule has 2 rings (SSSR count). The number of aliphatic hydroxyl groups is 1. The van der Waals surface area contributed by atoms with Crippen LogP contribution in [0.4, 0.5) is 0 Å². The summed E-state index contributed by atoms with van der Waals surface area (Å²) in [6.07, 6.45) is 2.76. The van der Waals surface area contributed by atoms with Gasteiger partial charge < -0.3 is 20.5 Å². The second-order valence-electron chi connectivity index (χ2n) is 5.51. The molecule has 1 aromatic heterocycles. The summed E-state index contributed by atoms with van der Waals surface area (Å²) in [5.41, 5.74) is 1.39. The Labute approximate surface area is 130 Å². The molecule has 1 aliphatic heterocycles. The van der Waals surface area contributed by atoms with Crippen molar-refractivity contribution in [1.82, 2.24) is 10.6 Å². The van der Waals surface area contributed by atoms with Gasteiger partial charge in [0.2, 0.25) is 0 Å². The zero-order chi connectivity index (χ0) is 15.0. The molecule has 1 atom stereocenters. The molecule has 3 N–H and O–H groups in total. The van der Waals surface area contributed by atoms with E-state index in [4.69, 9.17) is 4.74 Å². The van der Waals surface area contributed by atoms with E-state index in [-0.39, 0.29) is 12.0 Å². The minimum atomic E-state index is 0.0414. The number of hydrogen-bond donors (Lipinski definition) is 3. The van der Waals surface area contributed by atoms with Crippen LogP contribution < -0.4 is 10.6 Å². The lowest BCUT2D eigenvalue weighted by Gasteiger charge is -2.27. The zero-order valence-electron chi connectivity index (χ0n) is 12.6. The molecule has 2 heterocycles. The van der Waals surface area contributed by atoms with Gasteiger partial charge in [0, 0.05) is 38.8 Å². The smallest absolute Gasteiger partial charge is 0.191 e. The van der Waals surface area contributed by atoms with Crippen molar-refractivity contribution in [2.75, 3.05) is 40.0 Å². The summed E-state index contributed by atoms with van der Waals surface area (Å²) >= 11 is 1.72. The Kier molecular flexibility index (Phi) is 6.48. The molecule has 0 amide bonds. The lowest BCUT2D eigenvalue weighted by atomic mass is 9.84. The molecule has 1 unspecified atom stereocenters. The Morgan fingerprint density at radius 1 is 1.52 bits per heavy atom. The highest BCUT2D eigenvalue weighted by atomic mass is 32.1. The molecule has 21 heavy (non-hydrogen) atoms. The normalized spacial score (nSPS) is 22.5. The molecule has 1 fully saturated rings. The largest absolute Gasteiger partial charge is 0.396 e. The van der Waals surface area contributed by atoms with Crippen LogP contribution in [-0.4, -0.2) is 51.0 Å². The summed E-state index contributed by atoms with van der Waals surface area (Å²) < 4.78 is 5.50. The van der Waals surface area contributed by atoms with Crippen LogP contribution in [0.5, 0.6) is 0 Å². The van der Waals surface area contributed by atoms with Gasteiger partial charge in [-0.05, 0) is 41.7 Å². The molecule has 118 valence electrons. The number of aliphatic hydroxyl groups excluding tert-OH is 1. The van der Waals surface area contributed by atoms with Gasteiger partial charge in [-0.1, -0.05) is 0 Å². The lowest BCUT2D eigenvalue weighted by Crippen LogP contribution is -2.45. The fraction of sp³-hybridized carbons (Fsp3) is 0.667. The van der Waals surface area contributed by atoms with Gasteiger partial charge >= 0.3 is 0 Å². The molecule has 6 heteroatoms. The van der Waals surface area contributed by atoms with Crippen LogP contribution in [-0.2, 0) is 11.2 Å². The average Bonchev–Trinajstić information content (AvgIpc) is 3.15. The van der Waals surface area contributed by atoms with Gasteiger partial charge in [-0.2, -0.15) is 11.3 Å². The Hall–Kier alpha value is -1.11. The molecule has 0 aromatic carbocycles. The van der Waals surface area contributed by atoms with Gasteiger partial charge in [-0.15, -0.1) is 0 Å². The molecule has 0 spiro atoms. The van der Waals surface area contributed by atoms with Crippen LogP contribution in [0.3, 0.4) is 0 Å². The predicted octanol–water partition coefficient (Wildman–Crippen LogP) is 1.24. The Morgan fingerprint density at radius 3 is 3.05 bits per heavy atom. The first-order valence-electron chi connectivity index (χ1n) is 7.42. The maximum absolute atomic E-state index is 9.23. The molecule has 1 aliphatic rings. The van der Waals surface area contributed by atoms with E-state index in [1.165, 1.54) is 5.56 Å². The van der Waals surface area contributed by atoms with Gasteiger partial charge in [-0.25, -0.2) is 0 Å². The number of guanidine groups is 1. The summed E-state index contributed by atoms with van der Waals surface area (Å²) in [4.78, 5) is 4.25. The standard InChI is InChI=1S/C15H25N3O2S/c1-16-14(17-6-2-13-3-9-21-10-13)18-11-15(4-7-19)5-8-20-12-15/h3,9-10,19H,2,4-8,11-12H2,1H3,(H2,16,17,18). The fourth-order valence-electron chi connectivity index (χ4n) is 2.56. The molecule has 1 saturated heterocycles. The van der Waals surface area contributed by atoms with Crippen LogP contribution in [0.15, 0.2) is 21.8 Å². The number of aliphatic imine (C=N–C) groups is 1. The number of nitrogens with zero attached hydrogens (tertiary/aromatic N) is 1. The van der Waals surface area contributed by atoms with Crippen molar-refractivity contribution in [3.8, 4) is 0 Å². The summed E-state index contributed by atoms with van der Waals surface area (Å²) in [5, 5.41) is 20.2. The van der Waals surface area contributed by atoms with Gasteiger partial charge in [0.1, 0.15) is 0 Å². The first kappa shape index (κ1) is 16.3. The molecule has 0 radical (unpaired) electrons. The third kappa shape index (κ3) is 4.98. The van der Waals surface area contributed by atoms with Gasteiger partial charge in [0.15, 0.2) is 5.96 Å². The van der Waals surface area contributed by atoms with E-state index in [2.05, 4.69) is 32.5 Å². The maximum Gasteiger partial charge on any atom is 0.191 e. The van der Waals surface area contributed by atoms with Crippen LogP contribution in [0.25, 0.3) is 0 Å². The third-order valence-electron chi connectivity index (χ3n) is 3.97. The first-order chi connectivity index (χ1) is 10.3. The number of ether oxygens (including phenoxy) is 1. The molecule has 0 aliphatic carbocycles. The molecule has 0 saturated carbocycles. The highest BCUT2D eigenvalue weighted by Crippen LogP contribution is 2.31. The van der Waals surface area contributed by atoms with E-state index in [1.807, 2.05) is 0 Å². The van der Waals surface area contributed by atoms with Gasteiger partial charge in [0.25, 0.3) is 0 Å². The van der Waals surface area contributed by atoms with Crippen molar-refractivity contribution in [3.63, 3.8) is 0 Å². The van der Waals surface area contributed by atoms with Crippen LogP contribution in [0.2, 0.25) is 0 Å². The molecular weight excluding hydrogens is 286 g/mol. The van der Waals surface area contributed by atoms with Crippen LogP contribution in [0.1, 0.15) is 18.4 Å². The minimum Gasteiger partial charge on any atom is -0.396 e. The number of hydrogen-bond acceptors (Lipinski definition) is 4. The Balaban J connectivity index is 1.74. The second-order valence-corrected chi connectivity index (χ2v) is 6.29. The number of rotatable bonds is 7. The Morgan fingerprint density at radius 2 is 2.43 bits per heavy atom. The number of nitrogens with one attached hydrogen (secondary N) is 2. The molecule has 5 nitrogen and oxygen atoms in total. The van der Waals surface area contributed by atoms with E-state index >= 15 is 0 Å². The van der Waals surface area contributed by atoms with E-state index in [1.54, 1.807) is 18.4 Å². The van der Waals surface area contributed by atoms with Crippen molar-refractivity contribution < 1.29 is 9.84 Å². The second kappa shape index (κ2) is 8.36. The molecular formula is C15H25N3O2S. The average molecular weight is 311 g/mol. The van der Waals surface area contributed by atoms with Crippen LogP contribution >= 0.6 is 11.3 Å². The molecule has 0 bridgehead atoms. The van der Waals surface area contributed by atoms with Crippen molar-refractivity contribution in [1.29, 1.82) is 0 Å². The summed E-state index contributed by atoms with van der Waals surface area (Å²) in [7, 11) is 1.78. The monoisotopic (exact) mass is 311 g/mol. The van der Waals surface area contributed by atoms with Gasteiger partial charge in [-0.3, -0.25) is 4.99 Å². The van der Waals surface area contributed by atoms with Crippen LogP contribution in [0, 0.1) is 5.41 Å². The minimum absolute atomic E-state index is 0.0414. The Bertz CT molecular complexity index is 428. The zero-order valence-corrected chi connectivity index (χ0v) is 13.4. The third-order valence-corrected chi connectivity index (χ3v) is 4.70. The lowest BCUT2D eigenvalue weighted by molar-refractivity contribution is 0.127. The topological polar surface area (TPSA) is 65.9 Å². The first-order valence-corrected chi connectivity index (χ1v) is 8.36. The summed E-state index contributed by atoms with van der Waals surface area (Å²) in [5.74, 6) is 0.814. The highest BCUT2D eigenvalue weighted by molar-refractivity contribution is 7.07. The highest BCUT2D eigenvalue weighted by Gasteiger charge is 2.34. The van der Waals surface area contributed by atoms with E-state index in [0.29, 0.717) is 6.61 Å². The number of thiophene rings is 1. The molecule has 1 aromatic rings. The van der Waals surface area contributed by atoms with Crippen molar-refractivity contribution in [2.45, 2.75) is 19.3 Å². The quantitative estimate of drug-likeness (QED) is 0.524. The van der Waals surface area contributed by atoms with E-state index in [9.17, 15) is 5.11 Å². The predicted molar refractivity (Wildman–Crippen MR) is 87.0 cm³/mol. The van der Waals surface area contributed by atoms with Crippen molar-refractivity contribution in [2.24, 2.45) is 10.4 Å². The SMILES string of the molecule is CN=C(NCCc1ccsc1)NCC1(CCO)CCOC1. The maximum atomic E-state index is 9.23. The fourth-order valence-corrected chi connectivity index (χ4v) is 3.27. The summed E-state index contributed by atoms with van der Waals surface area (Å²) in [6.45, 7) is 3.35. The summed E-state index contributed by atoms with van der Waals surface area (Å²) in [6, 6.07) is 2.15. The van der Waals surface area contributed by atoms with Gasteiger partial charge in [0.05, 0.1) is 6.61 Å². The van der Waals surface area contributed by atoms with Crippen molar-refractivity contribution in [3.05, 3.63) is 22.4 Å².